The number of hydrogen-bond donors (Lipinski definition) is 7. The molecule has 0 unspecified atom stereocenters. The van der Waals surface area contributed by atoms with Gasteiger partial charge in [0, 0.05) is 19.0 Å². The van der Waals surface area contributed by atoms with E-state index in [2.05, 4.69) is 10.6 Å². The van der Waals surface area contributed by atoms with E-state index in [0.29, 0.717) is 17.3 Å². The molecule has 0 bridgehead atoms. The van der Waals surface area contributed by atoms with E-state index in [0.717, 1.165) is 0 Å². The lowest BCUT2D eigenvalue weighted by atomic mass is 9.78. The van der Waals surface area contributed by atoms with E-state index in [-0.39, 0.29) is 25.2 Å². The lowest BCUT2D eigenvalue weighted by Crippen LogP contribution is -2.60. The van der Waals surface area contributed by atoms with Gasteiger partial charge in [0.05, 0.1) is 46.6 Å². The topological polar surface area (TPSA) is 190 Å². The van der Waals surface area contributed by atoms with Gasteiger partial charge in [0.1, 0.15) is 23.9 Å². The summed E-state index contributed by atoms with van der Waals surface area (Å²) in [6.07, 6.45) is -7.44. The molecule has 0 aromatic heterocycles. The largest absolute Gasteiger partial charge is 0.459 e. The Morgan fingerprint density at radius 1 is 1.10 bits per heavy atom. The van der Waals surface area contributed by atoms with Crippen LogP contribution in [0.5, 0.6) is 0 Å². The zero-order chi connectivity index (χ0) is 37.0. The van der Waals surface area contributed by atoms with Crippen molar-refractivity contribution in [3.05, 3.63) is 29.3 Å². The molecule has 1 aromatic rings. The van der Waals surface area contributed by atoms with Crippen molar-refractivity contribution in [1.29, 1.82) is 0 Å². The number of aliphatic hydroxyl groups is 5. The van der Waals surface area contributed by atoms with Gasteiger partial charge in [0.15, 0.2) is 6.29 Å². The Morgan fingerprint density at radius 3 is 2.35 bits per heavy atom. The summed E-state index contributed by atoms with van der Waals surface area (Å²) >= 11 is 6.23. The highest BCUT2D eigenvalue weighted by atomic mass is 35.5. The zero-order valence-electron chi connectivity index (χ0n) is 30.2. The smallest absolute Gasteiger partial charge is 0.321 e. The minimum Gasteiger partial charge on any atom is -0.459 e. The minimum absolute atomic E-state index is 0.152. The Labute approximate surface area is 295 Å². The second kappa shape index (κ2) is 17.0. The highest BCUT2D eigenvalue weighted by molar-refractivity contribution is 6.33. The molecular weight excluding hydrogens is 658 g/mol. The maximum atomic E-state index is 13.4. The van der Waals surface area contributed by atoms with Gasteiger partial charge in [-0.05, 0) is 78.5 Å². The molecule has 2 amide bonds. The first-order valence-electron chi connectivity index (χ1n) is 17.2. The number of anilines is 1. The summed E-state index contributed by atoms with van der Waals surface area (Å²) in [6, 6.07) is 4.91. The average Bonchev–Trinajstić information content (AvgIpc) is 3.04. The molecule has 0 aliphatic carbocycles. The van der Waals surface area contributed by atoms with Crippen LogP contribution in [0, 0.1) is 17.8 Å². The molecule has 13 nitrogen and oxygen atoms in total. The fourth-order valence-corrected chi connectivity index (χ4v) is 7.33. The van der Waals surface area contributed by atoms with E-state index < -0.39 is 90.0 Å². The van der Waals surface area contributed by atoms with Gasteiger partial charge in [0.25, 0.3) is 0 Å². The van der Waals surface area contributed by atoms with Crippen molar-refractivity contribution < 1.29 is 49.3 Å². The van der Waals surface area contributed by atoms with Gasteiger partial charge in [-0.2, -0.15) is 0 Å². The van der Waals surface area contributed by atoms with Crippen LogP contribution in [0.25, 0.3) is 0 Å². The van der Waals surface area contributed by atoms with Gasteiger partial charge in [0.2, 0.25) is 0 Å². The van der Waals surface area contributed by atoms with Gasteiger partial charge in [-0.3, -0.25) is 4.79 Å². The first-order valence-corrected chi connectivity index (χ1v) is 17.6. The van der Waals surface area contributed by atoms with Crippen molar-refractivity contribution in [2.75, 3.05) is 18.9 Å². The number of carbonyl (C=O) groups is 2. The fourth-order valence-electron chi connectivity index (χ4n) is 7.15. The van der Waals surface area contributed by atoms with Crippen LogP contribution in [0.15, 0.2) is 24.3 Å². The van der Waals surface area contributed by atoms with E-state index in [1.54, 1.807) is 65.9 Å². The highest BCUT2D eigenvalue weighted by Gasteiger charge is 2.50. The normalized spacial score (nSPS) is 41.6. The Bertz CT molecular complexity index is 1250. The molecule has 280 valence electrons. The van der Waals surface area contributed by atoms with E-state index in [9.17, 15) is 35.1 Å². The van der Waals surface area contributed by atoms with Crippen LogP contribution in [-0.4, -0.2) is 122 Å². The number of cyclic esters (lactones) is 1. The van der Waals surface area contributed by atoms with E-state index in [4.69, 9.17) is 25.8 Å². The van der Waals surface area contributed by atoms with Crippen molar-refractivity contribution in [3.63, 3.8) is 0 Å². The number of esters is 1. The first kappa shape index (κ1) is 41.4. The number of para-hydroxylation sites is 1. The van der Waals surface area contributed by atoms with Crippen LogP contribution in [0.1, 0.15) is 74.7 Å². The predicted octanol–water partition coefficient (Wildman–Crippen LogP) is 2.89. The number of likely N-dealkylation sites (N-methyl/N-ethyl adjacent to an activating group) is 1. The summed E-state index contributed by atoms with van der Waals surface area (Å²) in [5.74, 6) is -3.02. The lowest BCUT2D eigenvalue weighted by molar-refractivity contribution is -0.298. The number of ether oxygens (including phenoxy) is 3. The number of rotatable bonds is 5. The molecule has 2 aliphatic heterocycles. The lowest BCUT2D eigenvalue weighted by Gasteiger charge is -2.47. The molecule has 0 spiro atoms. The molecule has 7 N–H and O–H groups in total. The summed E-state index contributed by atoms with van der Waals surface area (Å²) in [6.45, 7) is 13.5. The van der Waals surface area contributed by atoms with Crippen molar-refractivity contribution in [1.82, 2.24) is 10.2 Å². The number of nitrogens with one attached hydrogen (secondary N) is 2. The number of carbonyl (C=O) groups excluding carboxylic acids is 2. The van der Waals surface area contributed by atoms with Gasteiger partial charge in [-0.1, -0.05) is 44.5 Å². The number of amides is 2. The number of nitrogens with zero attached hydrogens (tertiary/aromatic N) is 1. The Kier molecular flexibility index (Phi) is 14.3. The first-order chi connectivity index (χ1) is 22.7. The maximum Gasteiger partial charge on any atom is 0.321 e. The zero-order valence-corrected chi connectivity index (χ0v) is 30.9. The summed E-state index contributed by atoms with van der Waals surface area (Å²) in [4.78, 5) is 28.0. The standard InChI is InChI=1S/C35H58ClN3O10/c1-10-26-35(8,46)29(42)22(6)37-17-18(2)16-34(7,45)30(20(4)27(40)21(5)31(43)48-26)49-32-28(41)25(15-19(3)47-32)39(9)33(44)38-24-14-12-11-13-23(24)36/h11-14,18-22,25-30,32,37,40-42,45-46H,10,15-17H2,1-9H3,(H,38,44)/t18-,19-,20+,21-,22-,25+,26-,27+,28-,29-,30-,32+,34-,35-/m1/s1. The Balaban J connectivity index is 1.93. The molecule has 2 fully saturated rings. The van der Waals surface area contributed by atoms with Crippen molar-refractivity contribution in [3.8, 4) is 0 Å². The van der Waals surface area contributed by atoms with E-state index in [1.165, 1.54) is 18.7 Å². The third kappa shape index (κ3) is 9.84. The van der Waals surface area contributed by atoms with E-state index >= 15 is 0 Å². The molecule has 3 rings (SSSR count). The molecule has 1 aromatic carbocycles. The van der Waals surface area contributed by atoms with Crippen LogP contribution < -0.4 is 10.6 Å². The maximum absolute atomic E-state index is 13.4. The molecule has 2 aliphatic rings. The minimum atomic E-state index is -1.80. The number of aliphatic hydroxyl groups excluding tert-OH is 3. The Hall–Kier alpha value is -2.07. The molecular formula is C35H58ClN3O10. The Morgan fingerprint density at radius 2 is 1.73 bits per heavy atom. The quantitative estimate of drug-likeness (QED) is 0.222. The molecule has 2 heterocycles. The van der Waals surface area contributed by atoms with Crippen molar-refractivity contribution >= 4 is 29.3 Å². The monoisotopic (exact) mass is 715 g/mol. The predicted molar refractivity (Wildman–Crippen MR) is 185 cm³/mol. The molecule has 14 heteroatoms. The van der Waals surface area contributed by atoms with Gasteiger partial charge in [-0.25, -0.2) is 4.79 Å². The van der Waals surface area contributed by atoms with Gasteiger partial charge in [-0.15, -0.1) is 0 Å². The fraction of sp³-hybridized carbons (Fsp3) is 0.771. The van der Waals surface area contributed by atoms with Crippen LogP contribution in [0.3, 0.4) is 0 Å². The van der Waals surface area contributed by atoms with Gasteiger partial charge < -0.3 is 55.3 Å². The number of urea groups is 1. The molecule has 0 radical (unpaired) electrons. The van der Waals surface area contributed by atoms with E-state index in [1.807, 2.05) is 6.92 Å². The van der Waals surface area contributed by atoms with Crippen molar-refractivity contribution in [2.45, 2.75) is 141 Å². The SMILES string of the molecule is CC[C@H]1OC(=O)[C@H](C)[C@@H](O)[C@H](C)[C@@H](O[C@@H]2O[C@H](C)C[C@H](N(C)C(=O)Nc3ccccc3Cl)[C@H]2O)[C@](C)(O)C[C@@H](C)CN[C@H](C)[C@@H](O)[C@]1(C)O. The van der Waals surface area contributed by atoms with Gasteiger partial charge >= 0.3 is 12.0 Å². The third-order valence-electron chi connectivity index (χ3n) is 10.2. The summed E-state index contributed by atoms with van der Waals surface area (Å²) < 4.78 is 18.2. The number of halogens is 1. The summed E-state index contributed by atoms with van der Waals surface area (Å²) in [5.41, 5.74) is -3.02. The highest BCUT2D eigenvalue weighted by Crippen LogP contribution is 2.36. The summed E-state index contributed by atoms with van der Waals surface area (Å²) in [7, 11) is 1.54. The second-order valence-corrected chi connectivity index (χ2v) is 15.1. The van der Waals surface area contributed by atoms with Crippen LogP contribution in [-0.2, 0) is 19.0 Å². The average molecular weight is 716 g/mol. The molecule has 49 heavy (non-hydrogen) atoms. The molecule has 0 saturated carbocycles. The summed E-state index contributed by atoms with van der Waals surface area (Å²) in [5, 5.41) is 63.9. The number of hydrogen-bond acceptors (Lipinski definition) is 11. The third-order valence-corrected chi connectivity index (χ3v) is 10.6. The van der Waals surface area contributed by atoms with Crippen LogP contribution in [0.4, 0.5) is 10.5 Å². The molecule has 2 saturated heterocycles. The van der Waals surface area contributed by atoms with Crippen LogP contribution >= 0.6 is 11.6 Å². The van der Waals surface area contributed by atoms with Crippen LogP contribution in [0.2, 0.25) is 5.02 Å². The number of benzene rings is 1. The van der Waals surface area contributed by atoms with Crippen molar-refractivity contribution in [2.24, 2.45) is 17.8 Å². The molecule has 14 atom stereocenters. The second-order valence-electron chi connectivity index (χ2n) is 14.7.